The first-order valence-electron chi connectivity index (χ1n) is 6.27. The molecule has 0 aliphatic heterocycles. The number of nitrogens with zero attached hydrogens (tertiary/aromatic N) is 2. The fourth-order valence-corrected chi connectivity index (χ4v) is 1.83. The molecule has 0 saturated heterocycles. The minimum Gasteiger partial charge on any atom is -0.490 e. The van der Waals surface area contributed by atoms with Gasteiger partial charge in [-0.15, -0.1) is 0 Å². The zero-order valence-electron chi connectivity index (χ0n) is 11.0. The molecule has 0 aliphatic carbocycles. The molecule has 0 bridgehead atoms. The number of ether oxygens (including phenoxy) is 1. The van der Waals surface area contributed by atoms with Crippen molar-refractivity contribution in [1.82, 2.24) is 9.78 Å². The third-order valence-electron chi connectivity index (χ3n) is 2.78. The van der Waals surface area contributed by atoms with E-state index in [1.165, 1.54) is 0 Å². The van der Waals surface area contributed by atoms with Crippen molar-refractivity contribution >= 4 is 0 Å². The third-order valence-corrected chi connectivity index (χ3v) is 2.78. The molecule has 1 aromatic carbocycles. The van der Waals surface area contributed by atoms with E-state index in [0.717, 1.165) is 16.9 Å². The van der Waals surface area contributed by atoms with Gasteiger partial charge in [-0.1, -0.05) is 18.2 Å². The van der Waals surface area contributed by atoms with Crippen molar-refractivity contribution in [3.05, 3.63) is 47.8 Å². The maximum atomic E-state index is 9.92. The molecule has 5 nitrogen and oxygen atoms in total. The van der Waals surface area contributed by atoms with E-state index < -0.39 is 6.10 Å². The summed E-state index contributed by atoms with van der Waals surface area (Å²) in [6, 6.07) is 7.57. The summed E-state index contributed by atoms with van der Waals surface area (Å²) in [4.78, 5) is 0. The number of hydrogen-bond donors (Lipinski definition) is 2. The predicted octanol–water partition coefficient (Wildman–Crippen LogP) is 1.09. The number of hydrogen-bond acceptors (Lipinski definition) is 4. The van der Waals surface area contributed by atoms with Gasteiger partial charge in [0.15, 0.2) is 0 Å². The van der Waals surface area contributed by atoms with Crippen LogP contribution >= 0.6 is 0 Å². The highest BCUT2D eigenvalue weighted by Crippen LogP contribution is 2.17. The summed E-state index contributed by atoms with van der Waals surface area (Å²) in [5.41, 5.74) is 7.63. The van der Waals surface area contributed by atoms with Crippen molar-refractivity contribution in [1.29, 1.82) is 0 Å². The summed E-state index contributed by atoms with van der Waals surface area (Å²) >= 11 is 0. The van der Waals surface area contributed by atoms with Crippen LogP contribution in [0.2, 0.25) is 0 Å². The number of aromatic nitrogens is 2. The van der Waals surface area contributed by atoms with E-state index in [0.29, 0.717) is 13.1 Å². The molecule has 102 valence electrons. The predicted molar refractivity (Wildman–Crippen MR) is 72.8 cm³/mol. The second-order valence-electron chi connectivity index (χ2n) is 4.52. The highest BCUT2D eigenvalue weighted by Gasteiger charge is 2.08. The van der Waals surface area contributed by atoms with Crippen LogP contribution in [0.15, 0.2) is 36.7 Å². The molecule has 5 heteroatoms. The van der Waals surface area contributed by atoms with E-state index in [4.69, 9.17) is 10.5 Å². The van der Waals surface area contributed by atoms with E-state index >= 15 is 0 Å². The Labute approximate surface area is 112 Å². The first kappa shape index (κ1) is 13.6. The molecule has 0 saturated carbocycles. The van der Waals surface area contributed by atoms with E-state index in [9.17, 15) is 5.11 Å². The van der Waals surface area contributed by atoms with Crippen molar-refractivity contribution in [3.63, 3.8) is 0 Å². The molecule has 1 unspecified atom stereocenters. The maximum absolute atomic E-state index is 9.92. The number of aliphatic hydroxyl groups is 1. The lowest BCUT2D eigenvalue weighted by Gasteiger charge is -2.14. The Morgan fingerprint density at radius 1 is 1.42 bits per heavy atom. The lowest BCUT2D eigenvalue weighted by atomic mass is 10.2. The second-order valence-corrected chi connectivity index (χ2v) is 4.52. The number of rotatable bonds is 6. The molecule has 0 radical (unpaired) electrons. The van der Waals surface area contributed by atoms with Gasteiger partial charge >= 0.3 is 0 Å². The zero-order chi connectivity index (χ0) is 13.7. The van der Waals surface area contributed by atoms with Gasteiger partial charge in [0, 0.05) is 18.3 Å². The lowest BCUT2D eigenvalue weighted by Crippen LogP contribution is -2.24. The average Bonchev–Trinajstić information content (AvgIpc) is 2.82. The first-order valence-corrected chi connectivity index (χ1v) is 6.27. The summed E-state index contributed by atoms with van der Waals surface area (Å²) in [5, 5.41) is 14.0. The van der Waals surface area contributed by atoms with Crippen molar-refractivity contribution in [2.24, 2.45) is 5.73 Å². The van der Waals surface area contributed by atoms with Crippen LogP contribution in [-0.4, -0.2) is 27.6 Å². The van der Waals surface area contributed by atoms with Crippen LogP contribution in [0.3, 0.4) is 0 Å². The van der Waals surface area contributed by atoms with E-state index in [1.54, 1.807) is 10.9 Å². The van der Waals surface area contributed by atoms with E-state index in [-0.39, 0.29) is 6.61 Å². The summed E-state index contributed by atoms with van der Waals surface area (Å²) in [6.07, 6.45) is 3.04. The zero-order valence-corrected chi connectivity index (χ0v) is 11.0. The summed E-state index contributed by atoms with van der Waals surface area (Å²) in [5.74, 6) is 0.723. The SMILES string of the molecule is Cc1cnn(CC(O)COc2ccccc2CN)c1. The van der Waals surface area contributed by atoms with E-state index in [2.05, 4.69) is 5.10 Å². The third kappa shape index (κ3) is 3.81. The quantitative estimate of drug-likeness (QED) is 0.816. The highest BCUT2D eigenvalue weighted by molar-refractivity contribution is 5.32. The number of nitrogens with two attached hydrogens (primary N) is 1. The van der Waals surface area contributed by atoms with Crippen LogP contribution in [0, 0.1) is 6.92 Å². The van der Waals surface area contributed by atoms with Gasteiger partial charge in [0.05, 0.1) is 12.7 Å². The molecule has 1 aromatic heterocycles. The largest absolute Gasteiger partial charge is 0.490 e. The second kappa shape index (κ2) is 6.36. The number of aryl methyl sites for hydroxylation is 1. The van der Waals surface area contributed by atoms with E-state index in [1.807, 2.05) is 37.4 Å². The molecule has 19 heavy (non-hydrogen) atoms. The fraction of sp³-hybridized carbons (Fsp3) is 0.357. The Morgan fingerprint density at radius 2 is 2.21 bits per heavy atom. The van der Waals surface area contributed by atoms with Crippen molar-refractivity contribution < 1.29 is 9.84 Å². The average molecular weight is 261 g/mol. The minimum atomic E-state index is -0.606. The number of para-hydroxylation sites is 1. The summed E-state index contributed by atoms with van der Waals surface area (Å²) in [7, 11) is 0. The number of benzene rings is 1. The fourth-order valence-electron chi connectivity index (χ4n) is 1.83. The highest BCUT2D eigenvalue weighted by atomic mass is 16.5. The minimum absolute atomic E-state index is 0.218. The molecule has 0 fully saturated rings. The van der Waals surface area contributed by atoms with Crippen molar-refractivity contribution in [3.8, 4) is 5.75 Å². The Balaban J connectivity index is 1.87. The number of aliphatic hydroxyl groups excluding tert-OH is 1. The molecule has 1 heterocycles. The smallest absolute Gasteiger partial charge is 0.123 e. The van der Waals surface area contributed by atoms with Gasteiger partial charge in [0.2, 0.25) is 0 Å². The molecule has 3 N–H and O–H groups in total. The van der Waals surface area contributed by atoms with Crippen LogP contribution in [0.25, 0.3) is 0 Å². The summed E-state index contributed by atoms with van der Waals surface area (Å²) < 4.78 is 7.30. The maximum Gasteiger partial charge on any atom is 0.123 e. The van der Waals surface area contributed by atoms with Crippen LogP contribution in [0.4, 0.5) is 0 Å². The molecule has 2 rings (SSSR count). The van der Waals surface area contributed by atoms with Crippen LogP contribution in [-0.2, 0) is 13.1 Å². The molecule has 0 aliphatic rings. The molecule has 0 amide bonds. The summed E-state index contributed by atoms with van der Waals surface area (Å²) in [6.45, 7) is 3.02. The molecular formula is C14H19N3O2. The van der Waals surface area contributed by atoms with Gasteiger partial charge in [-0.05, 0) is 18.6 Å². The monoisotopic (exact) mass is 261 g/mol. The Morgan fingerprint density at radius 3 is 2.89 bits per heavy atom. The Hall–Kier alpha value is -1.85. The van der Waals surface area contributed by atoms with Crippen molar-refractivity contribution in [2.75, 3.05) is 6.61 Å². The van der Waals surface area contributed by atoms with Crippen LogP contribution in [0.5, 0.6) is 5.75 Å². The lowest BCUT2D eigenvalue weighted by molar-refractivity contribution is 0.0889. The normalized spacial score (nSPS) is 12.4. The Bertz CT molecular complexity index is 525. The molecule has 2 aromatic rings. The van der Waals surface area contributed by atoms with Gasteiger partial charge in [-0.3, -0.25) is 4.68 Å². The van der Waals surface area contributed by atoms with Gasteiger partial charge in [0.25, 0.3) is 0 Å². The molecule has 1 atom stereocenters. The standard InChI is InChI=1S/C14H19N3O2/c1-11-7-16-17(8-11)9-13(18)10-19-14-5-3-2-4-12(14)6-15/h2-5,7-8,13,18H,6,9-10,15H2,1H3. The van der Waals surface area contributed by atoms with Crippen molar-refractivity contribution in [2.45, 2.75) is 26.1 Å². The van der Waals surface area contributed by atoms with Crippen LogP contribution in [0.1, 0.15) is 11.1 Å². The van der Waals surface area contributed by atoms with Gasteiger partial charge in [0.1, 0.15) is 18.5 Å². The molecule has 0 spiro atoms. The topological polar surface area (TPSA) is 73.3 Å². The van der Waals surface area contributed by atoms with Crippen LogP contribution < -0.4 is 10.5 Å². The van der Waals surface area contributed by atoms with Gasteiger partial charge in [-0.25, -0.2) is 0 Å². The Kier molecular flexibility index (Phi) is 4.54. The molecular weight excluding hydrogens is 242 g/mol. The van der Waals surface area contributed by atoms with Gasteiger partial charge < -0.3 is 15.6 Å². The van der Waals surface area contributed by atoms with Gasteiger partial charge in [-0.2, -0.15) is 5.10 Å². The first-order chi connectivity index (χ1) is 9.19.